The third kappa shape index (κ3) is 3.68. The van der Waals surface area contributed by atoms with Crippen LogP contribution in [-0.4, -0.2) is 32.5 Å². The molecule has 3 rings (SSSR count). The van der Waals surface area contributed by atoms with Gasteiger partial charge in [0.2, 0.25) is 5.91 Å². The molecule has 1 atom stereocenters. The normalized spacial score (nSPS) is 18.3. The molecule has 0 aliphatic carbocycles. The maximum absolute atomic E-state index is 13.3. The van der Waals surface area contributed by atoms with E-state index < -0.39 is 0 Å². The van der Waals surface area contributed by atoms with Gasteiger partial charge in [-0.2, -0.15) is 0 Å². The lowest BCUT2D eigenvalue weighted by Gasteiger charge is -2.47. The molecular formula is C21H27N3O2S. The molecule has 0 saturated heterocycles. The third-order valence-electron chi connectivity index (χ3n) is 5.18. The zero-order chi connectivity index (χ0) is 19.9. The first-order valence-electron chi connectivity index (χ1n) is 9.20. The van der Waals surface area contributed by atoms with Crippen molar-refractivity contribution in [3.05, 3.63) is 41.2 Å². The van der Waals surface area contributed by atoms with Crippen LogP contribution < -0.4 is 4.90 Å². The van der Waals surface area contributed by atoms with Gasteiger partial charge in [0.1, 0.15) is 0 Å². The fourth-order valence-corrected chi connectivity index (χ4v) is 4.88. The number of aromatic nitrogens is 2. The van der Waals surface area contributed by atoms with Gasteiger partial charge < -0.3 is 9.47 Å². The molecule has 2 heterocycles. The first kappa shape index (κ1) is 19.7. The number of benzene rings is 1. The molecule has 0 fully saturated rings. The highest BCUT2D eigenvalue weighted by atomic mass is 32.2. The molecule has 1 amide bonds. The highest BCUT2D eigenvalue weighted by Gasteiger charge is 2.41. The van der Waals surface area contributed by atoms with Crippen LogP contribution in [0.5, 0.6) is 0 Å². The van der Waals surface area contributed by atoms with Gasteiger partial charge in [-0.15, -0.1) is 0 Å². The summed E-state index contributed by atoms with van der Waals surface area (Å²) in [5, 5.41) is 0.808. The van der Waals surface area contributed by atoms with Crippen LogP contribution in [0.25, 0.3) is 0 Å². The topological polar surface area (TPSA) is 55.2 Å². The average Bonchev–Trinajstić information content (AvgIpc) is 2.97. The summed E-state index contributed by atoms with van der Waals surface area (Å²) < 4.78 is 1.90. The molecule has 144 valence electrons. The molecule has 0 spiro atoms. The SMILES string of the molecule is CC(=O)c1cc(C)cc2c1N(C(=O)CSc1nccn1C)C(C)(C)C[C@H]2C. The smallest absolute Gasteiger partial charge is 0.237 e. The molecule has 1 aromatic heterocycles. The predicted molar refractivity (Wildman–Crippen MR) is 110 cm³/mol. The molecule has 0 N–H and O–H groups in total. The summed E-state index contributed by atoms with van der Waals surface area (Å²) in [4.78, 5) is 31.8. The summed E-state index contributed by atoms with van der Waals surface area (Å²) in [6, 6.07) is 4.02. The van der Waals surface area contributed by atoms with Crippen LogP contribution in [0.1, 0.15) is 61.5 Å². The van der Waals surface area contributed by atoms with E-state index in [2.05, 4.69) is 31.8 Å². The molecule has 0 saturated carbocycles. The van der Waals surface area contributed by atoms with Crippen molar-refractivity contribution in [3.63, 3.8) is 0 Å². The fourth-order valence-electron chi connectivity index (χ4n) is 4.10. The fraction of sp³-hybridized carbons (Fsp3) is 0.476. The molecule has 6 heteroatoms. The van der Waals surface area contributed by atoms with Crippen molar-refractivity contribution in [1.82, 2.24) is 9.55 Å². The molecular weight excluding hydrogens is 358 g/mol. The van der Waals surface area contributed by atoms with Crippen molar-refractivity contribution in [3.8, 4) is 0 Å². The van der Waals surface area contributed by atoms with Gasteiger partial charge in [0.15, 0.2) is 10.9 Å². The monoisotopic (exact) mass is 385 g/mol. The van der Waals surface area contributed by atoms with Gasteiger partial charge in [0.05, 0.1) is 11.4 Å². The second kappa shape index (κ2) is 7.15. The van der Waals surface area contributed by atoms with E-state index in [1.165, 1.54) is 11.8 Å². The number of rotatable bonds is 4. The van der Waals surface area contributed by atoms with Crippen LogP contribution in [0.3, 0.4) is 0 Å². The Kier molecular flexibility index (Phi) is 5.21. The number of hydrogen-bond acceptors (Lipinski definition) is 4. The summed E-state index contributed by atoms with van der Waals surface area (Å²) in [6.45, 7) is 9.92. The third-order valence-corrected chi connectivity index (χ3v) is 6.22. The molecule has 5 nitrogen and oxygen atoms in total. The Balaban J connectivity index is 2.03. The number of hydrogen-bond donors (Lipinski definition) is 0. The molecule has 1 aromatic carbocycles. The number of anilines is 1. The van der Waals surface area contributed by atoms with Crippen molar-refractivity contribution >= 4 is 29.1 Å². The number of thioether (sulfide) groups is 1. The Morgan fingerprint density at radius 1 is 1.33 bits per heavy atom. The first-order valence-corrected chi connectivity index (χ1v) is 10.2. The first-order chi connectivity index (χ1) is 12.6. The van der Waals surface area contributed by atoms with Gasteiger partial charge in [-0.05, 0) is 57.2 Å². The highest BCUT2D eigenvalue weighted by Crippen LogP contribution is 2.46. The Morgan fingerprint density at radius 2 is 2.04 bits per heavy atom. The van der Waals surface area contributed by atoms with Gasteiger partial charge in [-0.3, -0.25) is 9.59 Å². The minimum atomic E-state index is -0.356. The molecule has 0 bridgehead atoms. The lowest BCUT2D eigenvalue weighted by atomic mass is 9.78. The maximum atomic E-state index is 13.3. The lowest BCUT2D eigenvalue weighted by Crippen LogP contribution is -2.53. The summed E-state index contributed by atoms with van der Waals surface area (Å²) in [5.41, 5.74) is 3.22. The number of amides is 1. The van der Waals surface area contributed by atoms with Gasteiger partial charge in [0.25, 0.3) is 0 Å². The second-order valence-electron chi connectivity index (χ2n) is 8.06. The van der Waals surface area contributed by atoms with E-state index in [1.807, 2.05) is 35.7 Å². The Labute approximate surface area is 165 Å². The van der Waals surface area contributed by atoms with Crippen molar-refractivity contribution < 1.29 is 9.59 Å². The van der Waals surface area contributed by atoms with Gasteiger partial charge >= 0.3 is 0 Å². The minimum absolute atomic E-state index is 0.00518. The highest BCUT2D eigenvalue weighted by molar-refractivity contribution is 7.99. The number of ketones is 1. The van der Waals surface area contributed by atoms with Crippen LogP contribution in [0.4, 0.5) is 5.69 Å². The maximum Gasteiger partial charge on any atom is 0.237 e. The van der Waals surface area contributed by atoms with Crippen molar-refractivity contribution in [2.24, 2.45) is 7.05 Å². The zero-order valence-corrected chi connectivity index (χ0v) is 17.7. The lowest BCUT2D eigenvalue weighted by molar-refractivity contribution is -0.117. The van der Waals surface area contributed by atoms with Crippen LogP contribution in [-0.2, 0) is 11.8 Å². The second-order valence-corrected chi connectivity index (χ2v) is 9.01. The minimum Gasteiger partial charge on any atom is -0.329 e. The van der Waals surface area contributed by atoms with E-state index in [0.717, 1.165) is 28.4 Å². The van der Waals surface area contributed by atoms with E-state index in [4.69, 9.17) is 0 Å². The van der Waals surface area contributed by atoms with Gasteiger partial charge in [0, 0.05) is 30.5 Å². The van der Waals surface area contributed by atoms with Gasteiger partial charge in [-0.1, -0.05) is 24.8 Å². The Morgan fingerprint density at radius 3 is 2.63 bits per heavy atom. The number of aryl methyl sites for hydroxylation is 2. The van der Waals surface area contributed by atoms with E-state index in [9.17, 15) is 9.59 Å². The summed E-state index contributed by atoms with van der Waals surface area (Å²) in [5.74, 6) is 0.578. The molecule has 1 aliphatic rings. The molecule has 1 aliphatic heterocycles. The number of carbonyl (C=O) groups excluding carboxylic acids is 2. The molecule has 2 aromatic rings. The van der Waals surface area contributed by atoms with E-state index in [0.29, 0.717) is 11.5 Å². The molecule has 27 heavy (non-hydrogen) atoms. The molecule has 0 unspecified atom stereocenters. The average molecular weight is 386 g/mol. The quantitative estimate of drug-likeness (QED) is 0.580. The van der Waals surface area contributed by atoms with Crippen molar-refractivity contribution in [1.29, 1.82) is 0 Å². The Hall–Kier alpha value is -2.08. The van der Waals surface area contributed by atoms with E-state index >= 15 is 0 Å². The molecule has 0 radical (unpaired) electrons. The predicted octanol–water partition coefficient (Wildman–Crippen LogP) is 4.34. The van der Waals surface area contributed by atoms with Crippen LogP contribution in [0.2, 0.25) is 0 Å². The van der Waals surface area contributed by atoms with E-state index in [1.54, 1.807) is 13.1 Å². The largest absolute Gasteiger partial charge is 0.329 e. The number of carbonyl (C=O) groups is 2. The number of Topliss-reactive ketones (excluding diaryl/α,β-unsaturated/α-hetero) is 1. The van der Waals surface area contributed by atoms with Crippen molar-refractivity contribution in [2.75, 3.05) is 10.7 Å². The Bertz CT molecular complexity index is 901. The van der Waals surface area contributed by atoms with E-state index in [-0.39, 0.29) is 23.0 Å². The summed E-state index contributed by atoms with van der Waals surface area (Å²) >= 11 is 1.42. The number of fused-ring (bicyclic) bond motifs is 1. The standard InChI is InChI=1S/C21H27N3O2S/c1-13-9-16-14(2)11-21(4,5)24(19(16)17(10-13)15(3)25)18(26)12-27-20-22-7-8-23(20)6/h7-10,14H,11-12H2,1-6H3/t14-/m1/s1. The number of nitrogens with zero attached hydrogens (tertiary/aromatic N) is 3. The number of imidazole rings is 1. The van der Waals surface area contributed by atoms with Crippen LogP contribution in [0, 0.1) is 6.92 Å². The zero-order valence-electron chi connectivity index (χ0n) is 16.9. The summed E-state index contributed by atoms with van der Waals surface area (Å²) in [6.07, 6.45) is 4.45. The van der Waals surface area contributed by atoms with Crippen molar-refractivity contribution in [2.45, 2.75) is 57.7 Å². The van der Waals surface area contributed by atoms with Gasteiger partial charge in [-0.25, -0.2) is 4.98 Å². The van der Waals surface area contributed by atoms with Crippen LogP contribution >= 0.6 is 11.8 Å². The summed E-state index contributed by atoms with van der Waals surface area (Å²) in [7, 11) is 1.91. The van der Waals surface area contributed by atoms with Crippen LogP contribution in [0.15, 0.2) is 29.7 Å².